The number of hydrogen-bond acceptors (Lipinski definition) is 7. The third-order valence-corrected chi connectivity index (χ3v) is 6.25. The molecule has 0 aliphatic carbocycles. The SMILES string of the molecule is CSc1nnc(NC(=O)[C@@H](C)N(c2cccc(Cl)c2)S(C)(=O)=O)s1. The van der Waals surface area contributed by atoms with Gasteiger partial charge in [0.2, 0.25) is 21.1 Å². The normalized spacial score (nSPS) is 12.7. The summed E-state index contributed by atoms with van der Waals surface area (Å²) in [6.07, 6.45) is 2.88. The maximum Gasteiger partial charge on any atom is 0.249 e. The predicted molar refractivity (Wildman–Crippen MR) is 98.6 cm³/mol. The first-order valence-corrected chi connectivity index (χ1v) is 10.9. The number of halogens is 1. The standard InChI is InChI=1S/C13H15ClN4O3S3/c1-8(11(19)15-12-16-17-13(22-2)23-12)18(24(3,20)21)10-6-4-5-9(14)7-10/h4-8H,1-3H3,(H,15,16,19)/t8-/m1/s1. The van der Waals surface area contributed by atoms with E-state index in [4.69, 9.17) is 11.6 Å². The van der Waals surface area contributed by atoms with Gasteiger partial charge in [-0.3, -0.25) is 14.4 Å². The minimum absolute atomic E-state index is 0.315. The number of nitrogens with zero attached hydrogens (tertiary/aromatic N) is 3. The van der Waals surface area contributed by atoms with Gasteiger partial charge in [0.25, 0.3) is 0 Å². The Hall–Kier alpha value is -1.36. The van der Waals surface area contributed by atoms with Gasteiger partial charge in [0.1, 0.15) is 6.04 Å². The van der Waals surface area contributed by atoms with Crippen molar-refractivity contribution in [1.82, 2.24) is 10.2 Å². The third-order valence-electron chi connectivity index (χ3n) is 2.96. The van der Waals surface area contributed by atoms with Crippen LogP contribution in [0, 0.1) is 0 Å². The number of carbonyl (C=O) groups excluding carboxylic acids is 1. The molecular formula is C13H15ClN4O3S3. The van der Waals surface area contributed by atoms with Gasteiger partial charge in [-0.15, -0.1) is 10.2 Å². The largest absolute Gasteiger partial charge is 0.299 e. The van der Waals surface area contributed by atoms with Crippen LogP contribution in [0.4, 0.5) is 10.8 Å². The molecule has 0 unspecified atom stereocenters. The second-order valence-electron chi connectivity index (χ2n) is 4.78. The number of hydrogen-bond donors (Lipinski definition) is 1. The molecule has 11 heteroatoms. The Kier molecular flexibility index (Phi) is 6.07. The second kappa shape index (κ2) is 7.68. The van der Waals surface area contributed by atoms with Crippen molar-refractivity contribution in [3.63, 3.8) is 0 Å². The van der Waals surface area contributed by atoms with E-state index in [0.717, 1.165) is 10.6 Å². The summed E-state index contributed by atoms with van der Waals surface area (Å²) in [5.41, 5.74) is 0.315. The molecule has 0 spiro atoms. The molecule has 0 saturated carbocycles. The zero-order valence-corrected chi connectivity index (χ0v) is 16.3. The van der Waals surface area contributed by atoms with Crippen molar-refractivity contribution in [2.75, 3.05) is 22.1 Å². The molecule has 0 fully saturated rings. The molecule has 0 bridgehead atoms. The molecule has 0 saturated heterocycles. The van der Waals surface area contributed by atoms with E-state index in [-0.39, 0.29) is 0 Å². The molecule has 0 radical (unpaired) electrons. The molecular weight excluding hydrogens is 392 g/mol. The van der Waals surface area contributed by atoms with Crippen LogP contribution in [-0.4, -0.2) is 43.1 Å². The summed E-state index contributed by atoms with van der Waals surface area (Å²) in [4.78, 5) is 12.4. The van der Waals surface area contributed by atoms with Crippen molar-refractivity contribution >= 4 is 61.4 Å². The lowest BCUT2D eigenvalue weighted by molar-refractivity contribution is -0.116. The molecule has 0 aliphatic rings. The number of carbonyl (C=O) groups is 1. The Morgan fingerprint density at radius 1 is 1.42 bits per heavy atom. The predicted octanol–water partition coefficient (Wildman–Crippen LogP) is 2.71. The lowest BCUT2D eigenvalue weighted by Gasteiger charge is -2.27. The number of aromatic nitrogens is 2. The topological polar surface area (TPSA) is 92.3 Å². The van der Waals surface area contributed by atoms with Gasteiger partial charge in [0.15, 0.2) is 4.34 Å². The summed E-state index contributed by atoms with van der Waals surface area (Å²) >= 11 is 8.55. The van der Waals surface area contributed by atoms with E-state index >= 15 is 0 Å². The Morgan fingerprint density at radius 2 is 2.12 bits per heavy atom. The molecule has 1 atom stereocenters. The highest BCUT2D eigenvalue weighted by Gasteiger charge is 2.29. The number of thioether (sulfide) groups is 1. The minimum Gasteiger partial charge on any atom is -0.299 e. The fourth-order valence-corrected chi connectivity index (χ4v) is 4.50. The number of amides is 1. The first kappa shape index (κ1) is 19.0. The van der Waals surface area contributed by atoms with Crippen molar-refractivity contribution < 1.29 is 13.2 Å². The average molecular weight is 407 g/mol. The van der Waals surface area contributed by atoms with Crippen LogP contribution in [0.1, 0.15) is 6.92 Å². The van der Waals surface area contributed by atoms with E-state index in [1.807, 2.05) is 6.26 Å². The minimum atomic E-state index is -3.69. The maximum absolute atomic E-state index is 12.4. The van der Waals surface area contributed by atoms with Crippen LogP contribution in [-0.2, 0) is 14.8 Å². The van der Waals surface area contributed by atoms with E-state index in [9.17, 15) is 13.2 Å². The van der Waals surface area contributed by atoms with Crippen molar-refractivity contribution in [2.24, 2.45) is 0 Å². The number of sulfonamides is 1. The van der Waals surface area contributed by atoms with E-state index in [1.54, 1.807) is 18.2 Å². The number of benzene rings is 1. The first-order chi connectivity index (χ1) is 11.2. The summed E-state index contributed by atoms with van der Waals surface area (Å²) in [7, 11) is -3.69. The molecule has 7 nitrogen and oxygen atoms in total. The number of anilines is 2. The van der Waals surface area contributed by atoms with Gasteiger partial charge in [0.05, 0.1) is 11.9 Å². The molecule has 1 heterocycles. The highest BCUT2D eigenvalue weighted by Crippen LogP contribution is 2.26. The van der Waals surface area contributed by atoms with E-state index < -0.39 is 22.0 Å². The van der Waals surface area contributed by atoms with Crippen LogP contribution >= 0.6 is 34.7 Å². The van der Waals surface area contributed by atoms with Gasteiger partial charge in [-0.25, -0.2) is 8.42 Å². The van der Waals surface area contributed by atoms with Gasteiger partial charge in [-0.2, -0.15) is 0 Å². The van der Waals surface area contributed by atoms with Gasteiger partial charge in [-0.1, -0.05) is 40.8 Å². The van der Waals surface area contributed by atoms with Gasteiger partial charge >= 0.3 is 0 Å². The highest BCUT2D eigenvalue weighted by atomic mass is 35.5. The lowest BCUT2D eigenvalue weighted by Crippen LogP contribution is -2.45. The molecule has 2 aromatic rings. The summed E-state index contributed by atoms with van der Waals surface area (Å²) in [6, 6.07) is 5.33. The molecule has 1 aromatic heterocycles. The van der Waals surface area contributed by atoms with Crippen molar-refractivity contribution in [3.05, 3.63) is 29.3 Å². The molecule has 24 heavy (non-hydrogen) atoms. The lowest BCUT2D eigenvalue weighted by atomic mass is 10.2. The highest BCUT2D eigenvalue weighted by molar-refractivity contribution is 8.00. The van der Waals surface area contributed by atoms with Gasteiger partial charge in [0, 0.05) is 5.02 Å². The fourth-order valence-electron chi connectivity index (χ4n) is 1.97. The molecule has 1 amide bonds. The molecule has 1 N–H and O–H groups in total. The van der Waals surface area contributed by atoms with Crippen LogP contribution in [0.2, 0.25) is 5.02 Å². The quantitative estimate of drug-likeness (QED) is 0.585. The molecule has 1 aromatic carbocycles. The van der Waals surface area contributed by atoms with Crippen molar-refractivity contribution in [3.8, 4) is 0 Å². The third kappa shape index (κ3) is 4.59. The van der Waals surface area contributed by atoms with E-state index in [1.165, 1.54) is 36.1 Å². The maximum atomic E-state index is 12.4. The zero-order valence-electron chi connectivity index (χ0n) is 13.1. The Labute approximate surface area is 153 Å². The Balaban J connectivity index is 2.27. The Morgan fingerprint density at radius 3 is 2.67 bits per heavy atom. The summed E-state index contributed by atoms with van der Waals surface area (Å²) in [5.74, 6) is -0.510. The number of rotatable bonds is 6. The summed E-state index contributed by atoms with van der Waals surface area (Å²) in [6.45, 7) is 1.49. The van der Waals surface area contributed by atoms with E-state index in [0.29, 0.717) is 20.2 Å². The van der Waals surface area contributed by atoms with Crippen LogP contribution in [0.25, 0.3) is 0 Å². The smallest absolute Gasteiger partial charge is 0.249 e. The van der Waals surface area contributed by atoms with Gasteiger partial charge in [-0.05, 0) is 31.4 Å². The van der Waals surface area contributed by atoms with Gasteiger partial charge < -0.3 is 0 Å². The summed E-state index contributed by atoms with van der Waals surface area (Å²) in [5, 5.41) is 11.0. The van der Waals surface area contributed by atoms with Crippen molar-refractivity contribution in [2.45, 2.75) is 17.3 Å². The molecule has 0 aliphatic heterocycles. The molecule has 130 valence electrons. The second-order valence-corrected chi connectivity index (χ2v) is 9.11. The van der Waals surface area contributed by atoms with Crippen molar-refractivity contribution in [1.29, 1.82) is 0 Å². The Bertz CT molecular complexity index is 840. The number of nitrogens with one attached hydrogen (secondary N) is 1. The van der Waals surface area contributed by atoms with Crippen LogP contribution in [0.3, 0.4) is 0 Å². The zero-order chi connectivity index (χ0) is 17.9. The van der Waals surface area contributed by atoms with Crippen LogP contribution in [0.15, 0.2) is 28.6 Å². The van der Waals surface area contributed by atoms with Crippen LogP contribution < -0.4 is 9.62 Å². The monoisotopic (exact) mass is 406 g/mol. The average Bonchev–Trinajstić information content (AvgIpc) is 2.93. The fraction of sp³-hybridized carbons (Fsp3) is 0.308. The molecule has 2 rings (SSSR count). The first-order valence-electron chi connectivity index (χ1n) is 6.65. The van der Waals surface area contributed by atoms with Crippen LogP contribution in [0.5, 0.6) is 0 Å². The van der Waals surface area contributed by atoms with E-state index in [2.05, 4.69) is 15.5 Å². The summed E-state index contributed by atoms with van der Waals surface area (Å²) < 4.78 is 26.1.